The van der Waals surface area contributed by atoms with Gasteiger partial charge >= 0.3 is 0 Å². The van der Waals surface area contributed by atoms with Crippen molar-refractivity contribution in [2.75, 3.05) is 5.73 Å². The van der Waals surface area contributed by atoms with E-state index >= 15 is 0 Å². The topological polar surface area (TPSA) is 48.0 Å². The second-order valence-electron chi connectivity index (χ2n) is 4.04. The third kappa shape index (κ3) is 1.96. The lowest BCUT2D eigenvalue weighted by molar-refractivity contribution is 0.738. The molecule has 0 unspecified atom stereocenters. The Morgan fingerprint density at radius 2 is 1.88 bits per heavy atom. The van der Waals surface area contributed by atoms with Gasteiger partial charge in [-0.2, -0.15) is 0 Å². The van der Waals surface area contributed by atoms with Gasteiger partial charge in [-0.25, -0.2) is 0 Å². The molecule has 2 aromatic rings. The molecule has 3 nitrogen and oxygen atoms in total. The van der Waals surface area contributed by atoms with E-state index in [1.54, 1.807) is 10.6 Å². The first kappa shape index (κ1) is 11.5. The van der Waals surface area contributed by atoms with E-state index in [9.17, 15) is 4.79 Å². The lowest BCUT2D eigenvalue weighted by Crippen LogP contribution is -2.23. The van der Waals surface area contributed by atoms with Crippen LogP contribution >= 0.6 is 0 Å². The highest BCUT2D eigenvalue weighted by Crippen LogP contribution is 2.22. The number of hydrogen-bond donors (Lipinski definition) is 1. The molecule has 0 fully saturated rings. The Morgan fingerprint density at radius 1 is 1.18 bits per heavy atom. The maximum atomic E-state index is 11.9. The van der Waals surface area contributed by atoms with Gasteiger partial charge in [0.2, 0.25) is 0 Å². The van der Waals surface area contributed by atoms with Gasteiger partial charge in [-0.1, -0.05) is 24.3 Å². The van der Waals surface area contributed by atoms with Gasteiger partial charge in [0.25, 0.3) is 5.56 Å². The maximum absolute atomic E-state index is 11.9. The summed E-state index contributed by atoms with van der Waals surface area (Å²) in [6.45, 7) is 4.60. The van der Waals surface area contributed by atoms with Gasteiger partial charge in [0, 0.05) is 12.1 Å². The number of nitrogen functional groups attached to an aromatic ring is 1. The zero-order valence-electron chi connectivity index (χ0n) is 10.1. The molecular formula is C14H16N2O. The standard InChI is InChI=1S/C14H16N2O/c1-3-16-13(9-8-12(15)14(16)17)11-7-5-4-6-10(11)2/h4-9H,3,15H2,1-2H3. The summed E-state index contributed by atoms with van der Waals surface area (Å²) < 4.78 is 1.71. The fourth-order valence-electron chi connectivity index (χ4n) is 2.00. The molecule has 0 amide bonds. The Balaban J connectivity index is 2.73. The van der Waals surface area contributed by atoms with E-state index in [1.807, 2.05) is 44.2 Å². The van der Waals surface area contributed by atoms with Crippen LogP contribution in [0.4, 0.5) is 5.69 Å². The number of aryl methyl sites for hydroxylation is 1. The number of pyridine rings is 1. The second kappa shape index (κ2) is 4.45. The monoisotopic (exact) mass is 228 g/mol. The van der Waals surface area contributed by atoms with Crippen LogP contribution < -0.4 is 11.3 Å². The lowest BCUT2D eigenvalue weighted by atomic mass is 10.0. The second-order valence-corrected chi connectivity index (χ2v) is 4.04. The van der Waals surface area contributed by atoms with Crippen molar-refractivity contribution in [3.8, 4) is 11.3 Å². The molecular weight excluding hydrogens is 212 g/mol. The molecule has 1 heterocycles. The van der Waals surface area contributed by atoms with Crippen LogP contribution in [0.25, 0.3) is 11.3 Å². The zero-order valence-corrected chi connectivity index (χ0v) is 10.1. The largest absolute Gasteiger partial charge is 0.394 e. The van der Waals surface area contributed by atoms with Gasteiger partial charge < -0.3 is 10.3 Å². The first-order chi connectivity index (χ1) is 8.15. The molecule has 0 saturated carbocycles. The van der Waals surface area contributed by atoms with Crippen molar-refractivity contribution in [1.29, 1.82) is 0 Å². The summed E-state index contributed by atoms with van der Waals surface area (Å²) in [6, 6.07) is 11.6. The maximum Gasteiger partial charge on any atom is 0.274 e. The zero-order chi connectivity index (χ0) is 12.4. The molecule has 0 bridgehead atoms. The molecule has 2 N–H and O–H groups in total. The molecule has 0 spiro atoms. The summed E-state index contributed by atoms with van der Waals surface area (Å²) in [5, 5.41) is 0. The van der Waals surface area contributed by atoms with Gasteiger partial charge in [-0.3, -0.25) is 4.79 Å². The van der Waals surface area contributed by atoms with Gasteiger partial charge in [0.1, 0.15) is 0 Å². The third-order valence-electron chi connectivity index (χ3n) is 2.94. The van der Waals surface area contributed by atoms with Gasteiger partial charge in [0.05, 0.1) is 11.4 Å². The van der Waals surface area contributed by atoms with E-state index in [1.165, 1.54) is 0 Å². The number of nitrogens with two attached hydrogens (primary N) is 1. The molecule has 0 aliphatic rings. The third-order valence-corrected chi connectivity index (χ3v) is 2.94. The van der Waals surface area contributed by atoms with Crippen molar-refractivity contribution in [3.05, 3.63) is 52.3 Å². The average Bonchev–Trinajstić information content (AvgIpc) is 2.33. The predicted octanol–water partition coefficient (Wildman–Crippen LogP) is 2.43. The highest BCUT2D eigenvalue weighted by molar-refractivity contribution is 5.65. The molecule has 1 aromatic heterocycles. The van der Waals surface area contributed by atoms with Crippen molar-refractivity contribution in [1.82, 2.24) is 4.57 Å². The lowest BCUT2D eigenvalue weighted by Gasteiger charge is -2.13. The molecule has 3 heteroatoms. The van der Waals surface area contributed by atoms with Crippen LogP contribution in [0, 0.1) is 6.92 Å². The number of benzene rings is 1. The molecule has 17 heavy (non-hydrogen) atoms. The van der Waals surface area contributed by atoms with Crippen molar-refractivity contribution < 1.29 is 0 Å². The van der Waals surface area contributed by atoms with Gasteiger partial charge in [-0.05, 0) is 31.5 Å². The van der Waals surface area contributed by atoms with E-state index in [-0.39, 0.29) is 5.56 Å². The Morgan fingerprint density at radius 3 is 2.53 bits per heavy atom. The Kier molecular flexibility index (Phi) is 3.00. The average molecular weight is 228 g/mol. The van der Waals surface area contributed by atoms with Crippen LogP contribution in [0.15, 0.2) is 41.2 Å². The Labute approximate surface area is 101 Å². The Bertz CT molecular complexity index is 599. The van der Waals surface area contributed by atoms with Gasteiger partial charge in [-0.15, -0.1) is 0 Å². The summed E-state index contributed by atoms with van der Waals surface area (Å²) in [6.07, 6.45) is 0. The highest BCUT2D eigenvalue weighted by atomic mass is 16.1. The van der Waals surface area contributed by atoms with Crippen molar-refractivity contribution in [2.24, 2.45) is 0 Å². The number of anilines is 1. The molecule has 0 atom stereocenters. The molecule has 0 aliphatic carbocycles. The van der Waals surface area contributed by atoms with Crippen LogP contribution in [0.2, 0.25) is 0 Å². The minimum Gasteiger partial charge on any atom is -0.394 e. The molecule has 0 radical (unpaired) electrons. The normalized spacial score (nSPS) is 10.5. The molecule has 2 rings (SSSR count). The fraction of sp³-hybridized carbons (Fsp3) is 0.214. The van der Waals surface area contributed by atoms with E-state index in [0.29, 0.717) is 12.2 Å². The van der Waals surface area contributed by atoms with E-state index in [4.69, 9.17) is 5.73 Å². The van der Waals surface area contributed by atoms with E-state index in [0.717, 1.165) is 16.8 Å². The first-order valence-corrected chi connectivity index (χ1v) is 5.70. The molecule has 0 aliphatic heterocycles. The minimum absolute atomic E-state index is 0.117. The van der Waals surface area contributed by atoms with Crippen LogP contribution in [-0.4, -0.2) is 4.57 Å². The smallest absolute Gasteiger partial charge is 0.274 e. The van der Waals surface area contributed by atoms with Gasteiger partial charge in [0.15, 0.2) is 0 Å². The van der Waals surface area contributed by atoms with Crippen LogP contribution in [0.1, 0.15) is 12.5 Å². The summed E-state index contributed by atoms with van der Waals surface area (Å²) >= 11 is 0. The van der Waals surface area contributed by atoms with Crippen LogP contribution in [0.5, 0.6) is 0 Å². The first-order valence-electron chi connectivity index (χ1n) is 5.70. The van der Waals surface area contributed by atoms with Crippen molar-refractivity contribution >= 4 is 5.69 Å². The summed E-state index contributed by atoms with van der Waals surface area (Å²) in [7, 11) is 0. The number of aromatic nitrogens is 1. The quantitative estimate of drug-likeness (QED) is 0.858. The van der Waals surface area contributed by atoms with E-state index < -0.39 is 0 Å². The van der Waals surface area contributed by atoms with Crippen molar-refractivity contribution in [3.63, 3.8) is 0 Å². The SMILES string of the molecule is CCn1c(-c2ccccc2C)ccc(N)c1=O. The fourth-order valence-corrected chi connectivity index (χ4v) is 2.00. The van der Waals surface area contributed by atoms with Crippen molar-refractivity contribution in [2.45, 2.75) is 20.4 Å². The summed E-state index contributed by atoms with van der Waals surface area (Å²) in [4.78, 5) is 11.9. The Hall–Kier alpha value is -2.03. The number of hydrogen-bond acceptors (Lipinski definition) is 2. The predicted molar refractivity (Wildman–Crippen MR) is 71.0 cm³/mol. The minimum atomic E-state index is -0.117. The molecule has 0 saturated heterocycles. The summed E-state index contributed by atoms with van der Waals surface area (Å²) in [5.41, 5.74) is 8.97. The number of rotatable bonds is 2. The molecule has 88 valence electrons. The molecule has 1 aromatic carbocycles. The number of nitrogens with zero attached hydrogens (tertiary/aromatic N) is 1. The van der Waals surface area contributed by atoms with Crippen LogP contribution in [0.3, 0.4) is 0 Å². The van der Waals surface area contributed by atoms with Crippen LogP contribution in [-0.2, 0) is 6.54 Å². The van der Waals surface area contributed by atoms with E-state index in [2.05, 4.69) is 0 Å². The summed E-state index contributed by atoms with van der Waals surface area (Å²) in [5.74, 6) is 0. The highest BCUT2D eigenvalue weighted by Gasteiger charge is 2.08.